The minimum Gasteiger partial charge on any atom is -0.465 e. The fourth-order valence-corrected chi connectivity index (χ4v) is 5.97. The lowest BCUT2D eigenvalue weighted by molar-refractivity contribution is -0.138. The van der Waals surface area contributed by atoms with Gasteiger partial charge in [-0.25, -0.2) is 14.6 Å². The van der Waals surface area contributed by atoms with Crippen molar-refractivity contribution in [3.63, 3.8) is 0 Å². The van der Waals surface area contributed by atoms with Gasteiger partial charge in [-0.15, -0.1) is 11.3 Å². The van der Waals surface area contributed by atoms with Crippen LogP contribution in [0.5, 0.6) is 0 Å². The number of carbonyl (C=O) groups is 2. The number of methoxy groups -OCH3 is 1. The number of fused-ring (bicyclic) bond motifs is 1. The summed E-state index contributed by atoms with van der Waals surface area (Å²) in [6, 6.07) is 19.4. The molecule has 3 heterocycles. The molecule has 2 aromatic heterocycles. The summed E-state index contributed by atoms with van der Waals surface area (Å²) >= 11 is 2.72. The Morgan fingerprint density at radius 2 is 1.78 bits per heavy atom. The maximum absolute atomic E-state index is 13.8. The van der Waals surface area contributed by atoms with Gasteiger partial charge < -0.3 is 9.47 Å². The van der Waals surface area contributed by atoms with E-state index in [0.29, 0.717) is 26.2 Å². The quantitative estimate of drug-likeness (QED) is 0.354. The fourth-order valence-electron chi connectivity index (χ4n) is 4.14. The van der Waals surface area contributed by atoms with E-state index in [0.717, 1.165) is 16.0 Å². The second kappa shape index (κ2) is 10.5. The van der Waals surface area contributed by atoms with Crippen molar-refractivity contribution in [3.05, 3.63) is 119 Å². The largest absolute Gasteiger partial charge is 0.465 e. The average molecular weight is 531 g/mol. The minimum atomic E-state index is -0.672. The molecule has 4 aromatic rings. The molecule has 0 saturated carbocycles. The molecule has 1 atom stereocenters. The van der Waals surface area contributed by atoms with Crippen LogP contribution >= 0.6 is 22.7 Å². The Bertz CT molecular complexity index is 1660. The van der Waals surface area contributed by atoms with Crippen molar-refractivity contribution in [1.82, 2.24) is 4.57 Å². The zero-order valence-corrected chi connectivity index (χ0v) is 21.7. The number of hydrogen-bond donors (Lipinski definition) is 0. The first kappa shape index (κ1) is 24.6. The summed E-state index contributed by atoms with van der Waals surface area (Å²) in [7, 11) is 1.33. The van der Waals surface area contributed by atoms with Crippen molar-refractivity contribution in [2.75, 3.05) is 13.7 Å². The highest BCUT2D eigenvalue weighted by atomic mass is 32.1. The van der Waals surface area contributed by atoms with Crippen molar-refractivity contribution in [3.8, 4) is 0 Å². The topological polar surface area (TPSA) is 87.0 Å². The van der Waals surface area contributed by atoms with Crippen LogP contribution in [0, 0.1) is 0 Å². The summed E-state index contributed by atoms with van der Waals surface area (Å²) in [6.45, 7) is 1.95. The van der Waals surface area contributed by atoms with E-state index in [1.54, 1.807) is 41.8 Å². The molecular formula is C28H22N2O5S2. The molecule has 0 radical (unpaired) electrons. The zero-order valence-electron chi connectivity index (χ0n) is 20.0. The molecule has 0 N–H and O–H groups in total. The van der Waals surface area contributed by atoms with Crippen LogP contribution in [0.3, 0.4) is 0 Å². The average Bonchev–Trinajstić information content (AvgIpc) is 3.57. The van der Waals surface area contributed by atoms with Gasteiger partial charge in [0.15, 0.2) is 4.80 Å². The highest BCUT2D eigenvalue weighted by Gasteiger charge is 2.35. The van der Waals surface area contributed by atoms with Gasteiger partial charge in [0, 0.05) is 10.4 Å². The van der Waals surface area contributed by atoms with Crippen molar-refractivity contribution < 1.29 is 19.1 Å². The van der Waals surface area contributed by atoms with Gasteiger partial charge >= 0.3 is 11.9 Å². The van der Waals surface area contributed by atoms with Gasteiger partial charge in [0.05, 0.1) is 35.1 Å². The number of thiophene rings is 1. The monoisotopic (exact) mass is 530 g/mol. The molecule has 1 aliphatic rings. The van der Waals surface area contributed by atoms with E-state index < -0.39 is 18.0 Å². The number of hydrogen-bond acceptors (Lipinski definition) is 8. The molecule has 0 amide bonds. The molecule has 186 valence electrons. The number of esters is 2. The van der Waals surface area contributed by atoms with Gasteiger partial charge in [-0.2, -0.15) is 0 Å². The van der Waals surface area contributed by atoms with Crippen molar-refractivity contribution in [2.45, 2.75) is 13.0 Å². The van der Waals surface area contributed by atoms with E-state index in [1.807, 2.05) is 47.8 Å². The molecule has 0 unspecified atom stereocenters. The predicted molar refractivity (Wildman–Crippen MR) is 143 cm³/mol. The van der Waals surface area contributed by atoms with Crippen LogP contribution in [0.4, 0.5) is 0 Å². The molecule has 5 rings (SSSR count). The predicted octanol–water partition coefficient (Wildman–Crippen LogP) is 3.78. The highest BCUT2D eigenvalue weighted by Crippen LogP contribution is 2.36. The van der Waals surface area contributed by atoms with Gasteiger partial charge in [0.1, 0.15) is 6.04 Å². The molecular weight excluding hydrogens is 508 g/mol. The summed E-state index contributed by atoms with van der Waals surface area (Å²) in [5.74, 6) is -0.932. The maximum Gasteiger partial charge on any atom is 0.338 e. The van der Waals surface area contributed by atoms with Crippen LogP contribution < -0.4 is 14.9 Å². The fraction of sp³-hybridized carbons (Fsp3) is 0.143. The van der Waals surface area contributed by atoms with E-state index in [9.17, 15) is 14.4 Å². The lowest BCUT2D eigenvalue weighted by Crippen LogP contribution is -2.39. The molecule has 1 aliphatic heterocycles. The van der Waals surface area contributed by atoms with Crippen LogP contribution in [0.25, 0.3) is 11.8 Å². The minimum absolute atomic E-state index is 0.202. The summed E-state index contributed by atoms with van der Waals surface area (Å²) in [4.78, 5) is 45.0. The first-order valence-electron chi connectivity index (χ1n) is 11.5. The smallest absolute Gasteiger partial charge is 0.338 e. The molecule has 7 nitrogen and oxygen atoms in total. The number of rotatable bonds is 6. The standard InChI is InChI=1S/C28H22N2O5S2/c1-3-35-27(33)22-23(18-8-5-4-6-9-18)29-28-30(24(22)20-10-7-15-36-20)25(31)21(37-28)16-17-11-13-19(14-12-17)26(32)34-2/h4-16,24H,3H2,1-2H3/b21-16-/t24-/m1/s1. The Labute approximate surface area is 220 Å². The Kier molecular flexibility index (Phi) is 6.98. The maximum atomic E-state index is 13.8. The van der Waals surface area contributed by atoms with Gasteiger partial charge in [0.2, 0.25) is 0 Å². The van der Waals surface area contributed by atoms with Crippen molar-refractivity contribution in [2.24, 2.45) is 4.99 Å². The summed E-state index contributed by atoms with van der Waals surface area (Å²) in [6.07, 6.45) is 1.76. The lowest BCUT2D eigenvalue weighted by atomic mass is 9.97. The second-order valence-electron chi connectivity index (χ2n) is 8.06. The molecule has 2 aromatic carbocycles. The summed E-state index contributed by atoms with van der Waals surface area (Å²) in [5, 5.41) is 1.92. The number of aromatic nitrogens is 1. The number of ether oxygens (including phenoxy) is 2. The van der Waals surface area contributed by atoms with E-state index in [1.165, 1.54) is 29.8 Å². The van der Waals surface area contributed by atoms with Crippen LogP contribution in [-0.2, 0) is 14.3 Å². The number of nitrogens with zero attached hydrogens (tertiary/aromatic N) is 2. The number of thiazole rings is 1. The molecule has 0 spiro atoms. The van der Waals surface area contributed by atoms with Crippen molar-refractivity contribution >= 4 is 46.4 Å². The van der Waals surface area contributed by atoms with Crippen LogP contribution in [0.1, 0.15) is 39.3 Å². The van der Waals surface area contributed by atoms with Crippen molar-refractivity contribution in [1.29, 1.82) is 0 Å². The van der Waals surface area contributed by atoms with E-state index in [2.05, 4.69) is 0 Å². The molecule has 0 fully saturated rings. The van der Waals surface area contributed by atoms with Crippen LogP contribution in [0.15, 0.2) is 87.5 Å². The summed E-state index contributed by atoms with van der Waals surface area (Å²) in [5.41, 5.74) is 2.50. The lowest BCUT2D eigenvalue weighted by Gasteiger charge is -2.24. The zero-order chi connectivity index (χ0) is 25.9. The van der Waals surface area contributed by atoms with Gasteiger partial charge in [-0.3, -0.25) is 9.36 Å². The van der Waals surface area contributed by atoms with Gasteiger partial charge in [0.25, 0.3) is 5.56 Å². The Hall–Kier alpha value is -4.08. The van der Waals surface area contributed by atoms with E-state index in [4.69, 9.17) is 14.5 Å². The molecule has 0 aliphatic carbocycles. The third-order valence-electron chi connectivity index (χ3n) is 5.82. The third kappa shape index (κ3) is 4.71. The normalized spacial score (nSPS) is 15.2. The number of carbonyl (C=O) groups excluding carboxylic acids is 2. The molecule has 0 bridgehead atoms. The van der Waals surface area contributed by atoms with Gasteiger partial charge in [-0.05, 0) is 42.1 Å². The SMILES string of the molecule is CCOC(=O)C1=C(c2ccccc2)N=c2s/c(=C\c3ccc(C(=O)OC)cc3)c(=O)n2[C@@H]1c1cccs1. The first-order valence-corrected chi connectivity index (χ1v) is 13.2. The Balaban J connectivity index is 1.73. The molecule has 37 heavy (non-hydrogen) atoms. The van der Waals surface area contributed by atoms with E-state index in [-0.39, 0.29) is 12.2 Å². The van der Waals surface area contributed by atoms with E-state index >= 15 is 0 Å². The van der Waals surface area contributed by atoms with Crippen LogP contribution in [-0.4, -0.2) is 30.2 Å². The molecule has 9 heteroatoms. The Morgan fingerprint density at radius 1 is 1.03 bits per heavy atom. The highest BCUT2D eigenvalue weighted by molar-refractivity contribution is 7.10. The first-order chi connectivity index (χ1) is 18.0. The second-order valence-corrected chi connectivity index (χ2v) is 10.0. The Morgan fingerprint density at radius 3 is 2.43 bits per heavy atom. The third-order valence-corrected chi connectivity index (χ3v) is 7.72. The molecule has 0 saturated heterocycles. The van der Waals surface area contributed by atoms with Crippen LogP contribution in [0.2, 0.25) is 0 Å². The summed E-state index contributed by atoms with van der Waals surface area (Å²) < 4.78 is 12.2. The number of benzene rings is 2. The van der Waals surface area contributed by atoms with Gasteiger partial charge in [-0.1, -0.05) is 59.9 Å².